The summed E-state index contributed by atoms with van der Waals surface area (Å²) < 4.78 is 0. The summed E-state index contributed by atoms with van der Waals surface area (Å²) in [4.78, 5) is 25.8. The van der Waals surface area contributed by atoms with Crippen molar-refractivity contribution in [2.24, 2.45) is 0 Å². The van der Waals surface area contributed by atoms with Crippen molar-refractivity contribution < 1.29 is 4.79 Å². The quantitative estimate of drug-likeness (QED) is 0.874. The molecule has 2 aromatic rings. The van der Waals surface area contributed by atoms with Crippen LogP contribution in [0.3, 0.4) is 0 Å². The van der Waals surface area contributed by atoms with E-state index in [4.69, 9.17) is 11.6 Å². The van der Waals surface area contributed by atoms with Crippen LogP contribution in [-0.4, -0.2) is 10.9 Å². The van der Waals surface area contributed by atoms with E-state index in [0.29, 0.717) is 10.7 Å². The van der Waals surface area contributed by atoms with E-state index in [9.17, 15) is 9.59 Å². The third kappa shape index (κ3) is 2.78. The lowest BCUT2D eigenvalue weighted by Gasteiger charge is -2.05. The Labute approximate surface area is 109 Å². The molecule has 4 nitrogen and oxygen atoms in total. The maximum Gasteiger partial charge on any atom is 0.261 e. The third-order valence-corrected chi connectivity index (χ3v) is 2.61. The molecule has 2 N–H and O–H groups in total. The molecule has 0 spiro atoms. The first-order chi connectivity index (χ1) is 8.56. The molecule has 0 saturated carbocycles. The van der Waals surface area contributed by atoms with Gasteiger partial charge in [-0.2, -0.15) is 0 Å². The molecule has 1 aromatic heterocycles. The zero-order valence-corrected chi connectivity index (χ0v) is 10.4. The molecule has 0 bridgehead atoms. The van der Waals surface area contributed by atoms with Gasteiger partial charge in [-0.05, 0) is 30.7 Å². The fourth-order valence-electron chi connectivity index (χ4n) is 1.55. The van der Waals surface area contributed by atoms with Crippen LogP contribution >= 0.6 is 11.6 Å². The fourth-order valence-corrected chi connectivity index (χ4v) is 1.71. The minimum atomic E-state index is -0.482. The molecule has 92 valence electrons. The van der Waals surface area contributed by atoms with E-state index in [1.54, 1.807) is 6.07 Å². The number of hydrogen-bond acceptors (Lipinski definition) is 2. The van der Waals surface area contributed by atoms with Crippen LogP contribution in [-0.2, 0) is 0 Å². The number of nitrogens with one attached hydrogen (secondary N) is 2. The molecule has 1 aromatic carbocycles. The Morgan fingerprint density at radius 1 is 1.33 bits per heavy atom. The number of aryl methyl sites for hydroxylation is 1. The van der Waals surface area contributed by atoms with E-state index in [2.05, 4.69) is 10.3 Å². The molecule has 1 heterocycles. The van der Waals surface area contributed by atoms with Gasteiger partial charge in [0.15, 0.2) is 0 Å². The van der Waals surface area contributed by atoms with Crippen LogP contribution in [0.15, 0.2) is 41.3 Å². The van der Waals surface area contributed by atoms with Crippen molar-refractivity contribution in [3.63, 3.8) is 0 Å². The van der Waals surface area contributed by atoms with E-state index >= 15 is 0 Å². The van der Waals surface area contributed by atoms with Gasteiger partial charge >= 0.3 is 0 Å². The van der Waals surface area contributed by atoms with Crippen LogP contribution in [0.4, 0.5) is 5.69 Å². The molecule has 0 aliphatic carbocycles. The standard InChI is InChI=1S/C13H11ClN2O2/c1-8-3-2-4-10(5-8)16-13(18)11-6-9(14)7-15-12(11)17/h2-7H,1H3,(H,15,17)(H,16,18). The van der Waals surface area contributed by atoms with Gasteiger partial charge in [-0.3, -0.25) is 9.59 Å². The smallest absolute Gasteiger partial charge is 0.261 e. The number of H-pyrrole nitrogens is 1. The van der Waals surface area contributed by atoms with Gasteiger partial charge in [0.05, 0.1) is 5.02 Å². The number of anilines is 1. The number of halogens is 1. The number of pyridine rings is 1. The van der Waals surface area contributed by atoms with Crippen LogP contribution in [0.5, 0.6) is 0 Å². The van der Waals surface area contributed by atoms with Crippen LogP contribution in [0.2, 0.25) is 5.02 Å². The van der Waals surface area contributed by atoms with Crippen molar-refractivity contribution in [3.05, 3.63) is 63.0 Å². The topological polar surface area (TPSA) is 62.0 Å². The number of amides is 1. The van der Waals surface area contributed by atoms with Gasteiger partial charge < -0.3 is 10.3 Å². The number of aromatic nitrogens is 1. The Morgan fingerprint density at radius 3 is 2.83 bits per heavy atom. The molecule has 2 rings (SSSR count). The average molecular weight is 263 g/mol. The SMILES string of the molecule is Cc1cccc(NC(=O)c2cc(Cl)c[nH]c2=O)c1. The molecule has 0 saturated heterocycles. The maximum atomic E-state index is 11.9. The molecule has 0 radical (unpaired) electrons. The van der Waals surface area contributed by atoms with Crippen molar-refractivity contribution in [1.82, 2.24) is 4.98 Å². The Balaban J connectivity index is 2.27. The largest absolute Gasteiger partial charge is 0.327 e. The summed E-state index contributed by atoms with van der Waals surface area (Å²) in [5, 5.41) is 2.96. The number of benzene rings is 1. The number of rotatable bonds is 2. The minimum Gasteiger partial charge on any atom is -0.327 e. The van der Waals surface area contributed by atoms with Gasteiger partial charge in [0, 0.05) is 11.9 Å². The highest BCUT2D eigenvalue weighted by Crippen LogP contribution is 2.11. The Hall–Kier alpha value is -2.07. The van der Waals surface area contributed by atoms with Crippen molar-refractivity contribution >= 4 is 23.2 Å². The molecular formula is C13H11ClN2O2. The minimum absolute atomic E-state index is 0.0102. The molecule has 0 unspecified atom stereocenters. The van der Waals surface area contributed by atoms with E-state index < -0.39 is 11.5 Å². The summed E-state index contributed by atoms with van der Waals surface area (Å²) >= 11 is 5.74. The van der Waals surface area contributed by atoms with E-state index in [1.807, 2.05) is 25.1 Å². The van der Waals surface area contributed by atoms with Crippen molar-refractivity contribution in [2.75, 3.05) is 5.32 Å². The summed E-state index contributed by atoms with van der Waals surface area (Å²) in [5.41, 5.74) is 1.18. The van der Waals surface area contributed by atoms with Crippen molar-refractivity contribution in [3.8, 4) is 0 Å². The molecule has 5 heteroatoms. The molecule has 18 heavy (non-hydrogen) atoms. The van der Waals surface area contributed by atoms with Gasteiger partial charge in [-0.15, -0.1) is 0 Å². The second-order valence-electron chi connectivity index (χ2n) is 3.88. The van der Waals surface area contributed by atoms with Crippen LogP contribution < -0.4 is 10.9 Å². The summed E-state index contributed by atoms with van der Waals surface area (Å²) in [6.45, 7) is 1.92. The highest BCUT2D eigenvalue weighted by atomic mass is 35.5. The lowest BCUT2D eigenvalue weighted by atomic mass is 10.2. The highest BCUT2D eigenvalue weighted by Gasteiger charge is 2.11. The van der Waals surface area contributed by atoms with Crippen LogP contribution in [0.1, 0.15) is 15.9 Å². The van der Waals surface area contributed by atoms with Gasteiger partial charge in [0.25, 0.3) is 11.5 Å². The molecular weight excluding hydrogens is 252 g/mol. The lowest BCUT2D eigenvalue weighted by Crippen LogP contribution is -2.22. The zero-order chi connectivity index (χ0) is 13.1. The van der Waals surface area contributed by atoms with Crippen LogP contribution in [0.25, 0.3) is 0 Å². The molecule has 0 aliphatic heterocycles. The van der Waals surface area contributed by atoms with Crippen molar-refractivity contribution in [1.29, 1.82) is 0 Å². The Kier molecular flexibility index (Phi) is 3.48. The number of carbonyl (C=O) groups excluding carboxylic acids is 1. The first kappa shape index (κ1) is 12.4. The first-order valence-electron chi connectivity index (χ1n) is 5.32. The number of hydrogen-bond donors (Lipinski definition) is 2. The van der Waals surface area contributed by atoms with E-state index in [-0.39, 0.29) is 5.56 Å². The van der Waals surface area contributed by atoms with Gasteiger partial charge in [-0.25, -0.2) is 0 Å². The van der Waals surface area contributed by atoms with E-state index in [0.717, 1.165) is 5.56 Å². The third-order valence-electron chi connectivity index (χ3n) is 2.39. The Morgan fingerprint density at radius 2 is 2.11 bits per heavy atom. The highest BCUT2D eigenvalue weighted by molar-refractivity contribution is 6.30. The molecule has 0 fully saturated rings. The summed E-state index contributed by atoms with van der Waals surface area (Å²) in [5.74, 6) is -0.482. The predicted molar refractivity (Wildman–Crippen MR) is 71.2 cm³/mol. The summed E-state index contributed by atoms with van der Waals surface area (Å²) in [6, 6.07) is 8.65. The summed E-state index contributed by atoms with van der Waals surface area (Å²) in [7, 11) is 0. The first-order valence-corrected chi connectivity index (χ1v) is 5.70. The zero-order valence-electron chi connectivity index (χ0n) is 9.66. The normalized spacial score (nSPS) is 10.1. The van der Waals surface area contributed by atoms with Gasteiger partial charge in [0.2, 0.25) is 0 Å². The van der Waals surface area contributed by atoms with Gasteiger partial charge in [0.1, 0.15) is 5.56 Å². The fraction of sp³-hybridized carbons (Fsp3) is 0.0769. The molecule has 0 aliphatic rings. The second kappa shape index (κ2) is 5.06. The van der Waals surface area contributed by atoms with Crippen LogP contribution in [0, 0.1) is 6.92 Å². The maximum absolute atomic E-state index is 11.9. The monoisotopic (exact) mass is 262 g/mol. The van der Waals surface area contributed by atoms with Crippen molar-refractivity contribution in [2.45, 2.75) is 6.92 Å². The average Bonchev–Trinajstić information content (AvgIpc) is 2.32. The van der Waals surface area contributed by atoms with Gasteiger partial charge in [-0.1, -0.05) is 23.7 Å². The van der Waals surface area contributed by atoms with E-state index in [1.165, 1.54) is 12.3 Å². The molecule has 0 atom stereocenters. The second-order valence-corrected chi connectivity index (χ2v) is 4.32. The number of aromatic amines is 1. The summed E-state index contributed by atoms with van der Waals surface area (Å²) in [6.07, 6.45) is 1.34. The Bertz CT molecular complexity index is 649. The number of carbonyl (C=O) groups is 1. The molecule has 1 amide bonds. The predicted octanol–water partition coefficient (Wildman–Crippen LogP) is 2.59. The lowest BCUT2D eigenvalue weighted by molar-refractivity contribution is 0.102.